The first-order valence-corrected chi connectivity index (χ1v) is 8.52. The maximum absolute atomic E-state index is 13.1. The molecule has 24 heavy (non-hydrogen) atoms. The predicted octanol–water partition coefficient (Wildman–Crippen LogP) is 5.48. The van der Waals surface area contributed by atoms with E-state index in [0.29, 0.717) is 10.4 Å². The quantitative estimate of drug-likeness (QED) is 0.368. The summed E-state index contributed by atoms with van der Waals surface area (Å²) in [6.45, 7) is 0. The number of aromatic nitrogens is 1. The fourth-order valence-electron chi connectivity index (χ4n) is 2.63. The molecule has 0 atom stereocenters. The Kier molecular flexibility index (Phi) is 3.85. The van der Waals surface area contributed by atoms with E-state index < -0.39 is 0 Å². The highest BCUT2D eigenvalue weighted by atomic mass is 32.1. The summed E-state index contributed by atoms with van der Waals surface area (Å²) >= 11 is 1.50. The van der Waals surface area contributed by atoms with Crippen molar-refractivity contribution >= 4 is 27.3 Å². The number of benzene rings is 3. The van der Waals surface area contributed by atoms with E-state index in [1.54, 1.807) is 0 Å². The van der Waals surface area contributed by atoms with Gasteiger partial charge in [0.2, 0.25) is 11.3 Å². The summed E-state index contributed by atoms with van der Waals surface area (Å²) in [6.07, 6.45) is 0. The first-order chi connectivity index (χ1) is 11.8. The molecular formula is C21H14NOS+. The van der Waals surface area contributed by atoms with Gasteiger partial charge in [-0.15, -0.1) is 0 Å². The summed E-state index contributed by atoms with van der Waals surface area (Å²) in [5.74, 6) is 0.0118. The summed E-state index contributed by atoms with van der Waals surface area (Å²) in [4.78, 5) is 18.5. The molecule has 114 valence electrons. The largest absolute Gasteiger partial charge is 0.305 e. The highest BCUT2D eigenvalue weighted by molar-refractivity contribution is 7.20. The Morgan fingerprint density at radius 1 is 0.750 bits per heavy atom. The van der Waals surface area contributed by atoms with E-state index in [-0.39, 0.29) is 5.78 Å². The van der Waals surface area contributed by atoms with Crippen LogP contribution in [0.3, 0.4) is 0 Å². The molecule has 0 amide bonds. The van der Waals surface area contributed by atoms with E-state index in [0.717, 1.165) is 21.5 Å². The molecule has 0 unspecified atom stereocenters. The Morgan fingerprint density at radius 3 is 2.12 bits per heavy atom. The summed E-state index contributed by atoms with van der Waals surface area (Å²) in [6, 6.07) is 27.2. The molecule has 0 aliphatic carbocycles. The minimum absolute atomic E-state index is 0.0118. The summed E-state index contributed by atoms with van der Waals surface area (Å²) < 4.78 is 1.01. The zero-order valence-electron chi connectivity index (χ0n) is 12.8. The van der Waals surface area contributed by atoms with E-state index in [4.69, 9.17) is 4.98 Å². The van der Waals surface area contributed by atoms with Crippen molar-refractivity contribution in [3.05, 3.63) is 95.4 Å². The number of hydrogen-bond acceptors (Lipinski definition) is 2. The SMILES string of the molecule is O=C(c1ccccc1)c1[s+]c2ccccc2nc1-c1ccccc1. The lowest BCUT2D eigenvalue weighted by Gasteiger charge is -2.02. The van der Waals surface area contributed by atoms with Crippen LogP contribution in [-0.2, 0) is 0 Å². The molecule has 1 aromatic heterocycles. The van der Waals surface area contributed by atoms with Crippen LogP contribution in [0.5, 0.6) is 0 Å². The number of para-hydroxylation sites is 1. The molecule has 0 spiro atoms. The second-order valence-electron chi connectivity index (χ2n) is 5.42. The molecule has 3 aromatic carbocycles. The van der Waals surface area contributed by atoms with Gasteiger partial charge in [-0.3, -0.25) is 4.79 Å². The fourth-order valence-corrected chi connectivity index (χ4v) is 3.69. The third kappa shape index (κ3) is 2.70. The van der Waals surface area contributed by atoms with Crippen molar-refractivity contribution in [3.63, 3.8) is 0 Å². The number of rotatable bonds is 3. The molecule has 0 N–H and O–H groups in total. The third-order valence-corrected chi connectivity index (χ3v) is 4.96. The smallest absolute Gasteiger partial charge is 0.283 e. The average Bonchev–Trinajstić information content (AvgIpc) is 2.68. The van der Waals surface area contributed by atoms with Gasteiger partial charge in [-0.1, -0.05) is 72.8 Å². The monoisotopic (exact) mass is 328 g/mol. The van der Waals surface area contributed by atoms with E-state index in [1.165, 1.54) is 11.3 Å². The summed E-state index contributed by atoms with van der Waals surface area (Å²) in [5, 5.41) is 0. The lowest BCUT2D eigenvalue weighted by molar-refractivity contribution is 0.104. The van der Waals surface area contributed by atoms with Crippen LogP contribution in [0.4, 0.5) is 0 Å². The topological polar surface area (TPSA) is 30.0 Å². The van der Waals surface area contributed by atoms with Crippen molar-refractivity contribution < 1.29 is 4.79 Å². The molecule has 3 heteroatoms. The van der Waals surface area contributed by atoms with E-state index in [9.17, 15) is 4.79 Å². The highest BCUT2D eigenvalue weighted by Gasteiger charge is 2.28. The number of carbonyl (C=O) groups is 1. The van der Waals surface area contributed by atoms with Crippen LogP contribution in [0, 0.1) is 0 Å². The average molecular weight is 328 g/mol. The highest BCUT2D eigenvalue weighted by Crippen LogP contribution is 2.31. The number of ketones is 1. The Labute approximate surface area is 144 Å². The van der Waals surface area contributed by atoms with Crippen molar-refractivity contribution in [2.75, 3.05) is 0 Å². The predicted molar refractivity (Wildman–Crippen MR) is 99.3 cm³/mol. The van der Waals surface area contributed by atoms with Gasteiger partial charge in [0.25, 0.3) is 10.5 Å². The second-order valence-corrected chi connectivity index (χ2v) is 6.47. The maximum Gasteiger partial charge on any atom is 0.305 e. The molecule has 1 heterocycles. The second kappa shape index (κ2) is 6.30. The number of carbonyl (C=O) groups excluding carboxylic acids is 1. The maximum atomic E-state index is 13.1. The molecule has 4 aromatic rings. The molecule has 0 radical (unpaired) electrons. The normalized spacial score (nSPS) is 10.7. The van der Waals surface area contributed by atoms with E-state index in [1.807, 2.05) is 84.9 Å². The number of hydrogen-bond donors (Lipinski definition) is 0. The fraction of sp³-hybridized carbons (Fsp3) is 0. The van der Waals surface area contributed by atoms with Crippen molar-refractivity contribution in [2.24, 2.45) is 0 Å². The lowest BCUT2D eigenvalue weighted by Crippen LogP contribution is -2.03. The zero-order chi connectivity index (χ0) is 16.4. The first-order valence-electron chi connectivity index (χ1n) is 7.71. The number of nitrogens with zero attached hydrogens (tertiary/aromatic N) is 1. The van der Waals surface area contributed by atoms with Crippen LogP contribution < -0.4 is 0 Å². The van der Waals surface area contributed by atoms with Gasteiger partial charge in [-0.2, -0.15) is 0 Å². The number of fused-ring (bicyclic) bond motifs is 1. The lowest BCUT2D eigenvalue weighted by atomic mass is 10.0. The molecule has 0 aliphatic heterocycles. The Morgan fingerprint density at radius 2 is 1.38 bits per heavy atom. The van der Waals surface area contributed by atoms with Crippen LogP contribution in [0.25, 0.3) is 21.5 Å². The van der Waals surface area contributed by atoms with Gasteiger partial charge in [0.15, 0.2) is 0 Å². The van der Waals surface area contributed by atoms with Crippen LogP contribution in [-0.4, -0.2) is 10.8 Å². The van der Waals surface area contributed by atoms with Crippen LogP contribution in [0.1, 0.15) is 15.2 Å². The molecule has 4 rings (SSSR count). The summed E-state index contributed by atoms with van der Waals surface area (Å²) in [7, 11) is 0. The Balaban J connectivity index is 1.97. The van der Waals surface area contributed by atoms with Crippen LogP contribution in [0.2, 0.25) is 0 Å². The van der Waals surface area contributed by atoms with E-state index >= 15 is 0 Å². The van der Waals surface area contributed by atoms with Crippen molar-refractivity contribution in [1.82, 2.24) is 4.98 Å². The van der Waals surface area contributed by atoms with Crippen LogP contribution in [0.15, 0.2) is 84.9 Å². The van der Waals surface area contributed by atoms with Gasteiger partial charge in [0.05, 0.1) is 0 Å². The molecule has 0 saturated carbocycles. The Bertz CT molecular complexity index is 1010. The van der Waals surface area contributed by atoms with Crippen molar-refractivity contribution in [2.45, 2.75) is 0 Å². The molecular weight excluding hydrogens is 314 g/mol. The van der Waals surface area contributed by atoms with Gasteiger partial charge in [0.1, 0.15) is 11.2 Å². The molecule has 0 aliphatic rings. The van der Waals surface area contributed by atoms with Gasteiger partial charge in [-0.05, 0) is 6.07 Å². The summed E-state index contributed by atoms with van der Waals surface area (Å²) in [5.41, 5.74) is 3.29. The van der Waals surface area contributed by atoms with Gasteiger partial charge in [-0.25, -0.2) is 4.98 Å². The third-order valence-electron chi connectivity index (χ3n) is 3.81. The standard InChI is InChI=1S/C21H14NOS/c23-20(16-11-5-2-6-12-16)21-19(15-9-3-1-4-10-15)22-17-13-7-8-14-18(17)24-21/h1-14H/q+1. The van der Waals surface area contributed by atoms with E-state index in [2.05, 4.69) is 0 Å². The molecule has 0 bridgehead atoms. The van der Waals surface area contributed by atoms with Gasteiger partial charge in [0, 0.05) is 17.2 Å². The minimum Gasteiger partial charge on any atom is -0.283 e. The van der Waals surface area contributed by atoms with Crippen molar-refractivity contribution in [3.8, 4) is 11.3 Å². The first kappa shape index (κ1) is 14.7. The molecule has 2 nitrogen and oxygen atoms in total. The van der Waals surface area contributed by atoms with Crippen LogP contribution >= 0.6 is 11.3 Å². The zero-order valence-corrected chi connectivity index (χ0v) is 13.7. The van der Waals surface area contributed by atoms with Gasteiger partial charge >= 0.3 is 4.88 Å². The molecule has 0 fully saturated rings. The minimum atomic E-state index is 0.0118. The van der Waals surface area contributed by atoms with Crippen molar-refractivity contribution in [1.29, 1.82) is 0 Å². The Hall–Kier alpha value is -2.91. The van der Waals surface area contributed by atoms with Gasteiger partial charge < -0.3 is 0 Å². The molecule has 0 saturated heterocycles.